The van der Waals surface area contributed by atoms with E-state index in [0.717, 1.165) is 6.26 Å². The van der Waals surface area contributed by atoms with Crippen LogP contribution in [0.3, 0.4) is 0 Å². The van der Waals surface area contributed by atoms with Crippen molar-refractivity contribution in [3.8, 4) is 0 Å². The average Bonchev–Trinajstić information content (AvgIpc) is 2.46. The topological polar surface area (TPSA) is 126 Å². The molecule has 9 heteroatoms. The molecule has 0 saturated heterocycles. The largest absolute Gasteiger partial charge is 0.476 e. The van der Waals surface area contributed by atoms with Crippen molar-refractivity contribution < 1.29 is 23.1 Å². The zero-order valence-corrected chi connectivity index (χ0v) is 12.2. The van der Waals surface area contributed by atoms with E-state index in [-0.39, 0.29) is 10.6 Å². The summed E-state index contributed by atoms with van der Waals surface area (Å²) in [5.41, 5.74) is -0.491. The van der Waals surface area contributed by atoms with E-state index < -0.39 is 27.4 Å². The number of sulfone groups is 1. The minimum Gasteiger partial charge on any atom is -0.476 e. The molecule has 0 fully saturated rings. The predicted molar refractivity (Wildman–Crippen MR) is 76.5 cm³/mol. The number of nitrogens with zero attached hydrogens (tertiary/aromatic N) is 2. The molecule has 114 valence electrons. The molecule has 2 rings (SSSR count). The zero-order valence-electron chi connectivity index (χ0n) is 11.3. The Balaban J connectivity index is 2.25. The molecule has 0 atom stereocenters. The summed E-state index contributed by atoms with van der Waals surface area (Å²) in [6.45, 7) is 0. The highest BCUT2D eigenvalue weighted by Crippen LogP contribution is 2.15. The Morgan fingerprint density at radius 2 is 1.59 bits per heavy atom. The van der Waals surface area contributed by atoms with E-state index in [1.165, 1.54) is 36.7 Å². The molecule has 22 heavy (non-hydrogen) atoms. The predicted octanol–water partition coefficient (Wildman–Crippen LogP) is 0.831. The number of hydrogen-bond acceptors (Lipinski definition) is 6. The number of hydrogen-bond donors (Lipinski definition) is 2. The number of nitrogens with one attached hydrogen (secondary N) is 1. The average molecular weight is 321 g/mol. The number of amides is 1. The zero-order chi connectivity index (χ0) is 16.3. The van der Waals surface area contributed by atoms with Gasteiger partial charge in [0.2, 0.25) is 0 Å². The van der Waals surface area contributed by atoms with E-state index in [4.69, 9.17) is 5.11 Å². The van der Waals surface area contributed by atoms with Crippen LogP contribution in [0.2, 0.25) is 0 Å². The molecule has 1 aromatic heterocycles. The second kappa shape index (κ2) is 5.90. The standard InChI is InChI=1S/C13H11N3O5S/c1-22(20,21)9-4-2-8(3-5-9)16-12(17)10-11(13(18)19)15-7-6-14-10/h2-7H,1H3,(H,16,17)(H,18,19). The summed E-state index contributed by atoms with van der Waals surface area (Å²) in [7, 11) is -3.33. The van der Waals surface area contributed by atoms with Crippen LogP contribution in [-0.2, 0) is 9.84 Å². The Hall–Kier alpha value is -2.81. The third kappa shape index (κ3) is 3.44. The van der Waals surface area contributed by atoms with E-state index in [0.29, 0.717) is 5.69 Å². The lowest BCUT2D eigenvalue weighted by molar-refractivity contribution is 0.0685. The maximum Gasteiger partial charge on any atom is 0.356 e. The van der Waals surface area contributed by atoms with E-state index >= 15 is 0 Å². The molecular formula is C13H11N3O5S. The van der Waals surface area contributed by atoms with Crippen LogP contribution in [0.5, 0.6) is 0 Å². The molecule has 8 nitrogen and oxygen atoms in total. The Morgan fingerprint density at radius 3 is 2.09 bits per heavy atom. The molecular weight excluding hydrogens is 310 g/mol. The highest BCUT2D eigenvalue weighted by Gasteiger charge is 2.19. The lowest BCUT2D eigenvalue weighted by Gasteiger charge is -2.07. The van der Waals surface area contributed by atoms with Gasteiger partial charge in [0.15, 0.2) is 21.2 Å². The molecule has 0 unspecified atom stereocenters. The van der Waals surface area contributed by atoms with Gasteiger partial charge >= 0.3 is 5.97 Å². The summed E-state index contributed by atoms with van der Waals surface area (Å²) >= 11 is 0. The quantitative estimate of drug-likeness (QED) is 0.854. The lowest BCUT2D eigenvalue weighted by atomic mass is 10.2. The summed E-state index contributed by atoms with van der Waals surface area (Å²) < 4.78 is 22.7. The van der Waals surface area contributed by atoms with Gasteiger partial charge in [-0.3, -0.25) is 4.79 Å². The van der Waals surface area contributed by atoms with Crippen LogP contribution >= 0.6 is 0 Å². The molecule has 0 bridgehead atoms. The fourth-order valence-electron chi connectivity index (χ4n) is 1.64. The smallest absolute Gasteiger partial charge is 0.356 e. The SMILES string of the molecule is CS(=O)(=O)c1ccc(NC(=O)c2nccnc2C(=O)O)cc1. The first kappa shape index (κ1) is 15.6. The van der Waals surface area contributed by atoms with Gasteiger partial charge in [-0.15, -0.1) is 0 Å². The number of carboxylic acid groups (broad SMARTS) is 1. The second-order valence-electron chi connectivity index (χ2n) is 4.31. The van der Waals surface area contributed by atoms with Crippen molar-refractivity contribution in [1.82, 2.24) is 9.97 Å². The van der Waals surface area contributed by atoms with Crippen molar-refractivity contribution in [1.29, 1.82) is 0 Å². The molecule has 2 aromatic rings. The number of carbonyl (C=O) groups excluding carboxylic acids is 1. The highest BCUT2D eigenvalue weighted by atomic mass is 32.2. The molecule has 0 aliphatic heterocycles. The summed E-state index contributed by atoms with van der Waals surface area (Å²) in [5.74, 6) is -2.12. The molecule has 1 amide bonds. The molecule has 1 heterocycles. The Morgan fingerprint density at radius 1 is 1.05 bits per heavy atom. The minimum atomic E-state index is -3.33. The van der Waals surface area contributed by atoms with Crippen LogP contribution in [0.25, 0.3) is 0 Å². The van der Waals surface area contributed by atoms with Gasteiger partial charge in [-0.25, -0.2) is 23.2 Å². The minimum absolute atomic E-state index is 0.108. The van der Waals surface area contributed by atoms with Crippen molar-refractivity contribution in [2.45, 2.75) is 4.90 Å². The summed E-state index contributed by atoms with van der Waals surface area (Å²) in [5, 5.41) is 11.4. The number of benzene rings is 1. The van der Waals surface area contributed by atoms with Crippen molar-refractivity contribution in [2.24, 2.45) is 0 Å². The van der Waals surface area contributed by atoms with Crippen molar-refractivity contribution in [3.63, 3.8) is 0 Å². The third-order valence-corrected chi connectivity index (χ3v) is 3.78. The molecule has 1 aromatic carbocycles. The maximum atomic E-state index is 12.0. The van der Waals surface area contributed by atoms with Crippen molar-refractivity contribution in [2.75, 3.05) is 11.6 Å². The van der Waals surface area contributed by atoms with E-state index in [1.54, 1.807) is 0 Å². The Labute approximate surface area is 125 Å². The Kier molecular flexibility index (Phi) is 4.18. The fraction of sp³-hybridized carbons (Fsp3) is 0.0769. The van der Waals surface area contributed by atoms with Crippen LogP contribution < -0.4 is 5.32 Å². The number of rotatable bonds is 4. The van der Waals surface area contributed by atoms with Gasteiger partial charge < -0.3 is 10.4 Å². The van der Waals surface area contributed by atoms with E-state index in [9.17, 15) is 18.0 Å². The van der Waals surface area contributed by atoms with Crippen LogP contribution in [0.15, 0.2) is 41.6 Å². The summed E-state index contributed by atoms with van der Waals surface area (Å²) in [4.78, 5) is 30.4. The first-order valence-electron chi connectivity index (χ1n) is 5.95. The molecule has 0 aliphatic carbocycles. The van der Waals surface area contributed by atoms with Gasteiger partial charge in [-0.05, 0) is 24.3 Å². The number of carboxylic acids is 1. The van der Waals surface area contributed by atoms with E-state index in [1.807, 2.05) is 0 Å². The number of anilines is 1. The molecule has 2 N–H and O–H groups in total. The van der Waals surface area contributed by atoms with Crippen LogP contribution in [0.4, 0.5) is 5.69 Å². The van der Waals surface area contributed by atoms with Gasteiger partial charge in [0.05, 0.1) is 4.90 Å². The second-order valence-corrected chi connectivity index (χ2v) is 6.33. The van der Waals surface area contributed by atoms with Gasteiger partial charge in [-0.2, -0.15) is 0 Å². The molecule has 0 aliphatic rings. The summed E-state index contributed by atoms with van der Waals surface area (Å²) in [6, 6.07) is 5.45. The van der Waals surface area contributed by atoms with Gasteiger partial charge in [0.25, 0.3) is 5.91 Å². The third-order valence-electron chi connectivity index (χ3n) is 2.66. The van der Waals surface area contributed by atoms with Gasteiger partial charge in [0, 0.05) is 24.3 Å². The molecule has 0 spiro atoms. The first-order chi connectivity index (χ1) is 10.3. The van der Waals surface area contributed by atoms with Crippen LogP contribution in [-0.4, -0.2) is 41.6 Å². The summed E-state index contributed by atoms with van der Waals surface area (Å²) in [6.07, 6.45) is 3.44. The monoisotopic (exact) mass is 321 g/mol. The number of aromatic carboxylic acids is 1. The Bertz CT molecular complexity index is 831. The van der Waals surface area contributed by atoms with Crippen LogP contribution in [0.1, 0.15) is 21.0 Å². The highest BCUT2D eigenvalue weighted by molar-refractivity contribution is 7.90. The first-order valence-corrected chi connectivity index (χ1v) is 7.84. The number of carbonyl (C=O) groups is 2. The van der Waals surface area contributed by atoms with Crippen LogP contribution in [0, 0.1) is 0 Å². The lowest BCUT2D eigenvalue weighted by Crippen LogP contribution is -2.19. The fourth-order valence-corrected chi connectivity index (χ4v) is 2.27. The van der Waals surface area contributed by atoms with Gasteiger partial charge in [0.1, 0.15) is 0 Å². The normalized spacial score (nSPS) is 11.0. The van der Waals surface area contributed by atoms with Crippen molar-refractivity contribution in [3.05, 3.63) is 48.0 Å². The van der Waals surface area contributed by atoms with Gasteiger partial charge in [-0.1, -0.05) is 0 Å². The van der Waals surface area contributed by atoms with E-state index in [2.05, 4.69) is 15.3 Å². The number of aromatic nitrogens is 2. The maximum absolute atomic E-state index is 12.0. The molecule has 0 radical (unpaired) electrons. The van der Waals surface area contributed by atoms with Crippen molar-refractivity contribution >= 4 is 27.4 Å². The molecule has 0 saturated carbocycles.